The molecule has 17 heavy (non-hydrogen) atoms. The summed E-state index contributed by atoms with van der Waals surface area (Å²) >= 11 is 0. The maximum atomic E-state index is 9.41. The Kier molecular flexibility index (Phi) is 5.75. The highest BCUT2D eigenvalue weighted by molar-refractivity contribution is 5.85. The molecule has 1 saturated carbocycles. The van der Waals surface area contributed by atoms with Gasteiger partial charge in [-0.25, -0.2) is 0 Å². The molecular formula is C13H21ClN2O. The summed E-state index contributed by atoms with van der Waals surface area (Å²) in [6.07, 6.45) is 3.88. The number of hydrogen-bond acceptors (Lipinski definition) is 3. The van der Waals surface area contributed by atoms with E-state index in [1.807, 2.05) is 18.2 Å². The molecule has 1 fully saturated rings. The summed E-state index contributed by atoms with van der Waals surface area (Å²) in [5.74, 6) is 0. The molecular weight excluding hydrogens is 236 g/mol. The van der Waals surface area contributed by atoms with Crippen molar-refractivity contribution in [2.45, 2.75) is 44.4 Å². The largest absolute Gasteiger partial charge is 0.398 e. The first kappa shape index (κ1) is 14.3. The van der Waals surface area contributed by atoms with Gasteiger partial charge in [0, 0.05) is 18.3 Å². The molecule has 1 aliphatic carbocycles. The van der Waals surface area contributed by atoms with Gasteiger partial charge in [-0.1, -0.05) is 18.2 Å². The maximum absolute atomic E-state index is 9.41. The molecule has 2 rings (SSSR count). The second-order valence-electron chi connectivity index (χ2n) is 4.59. The number of rotatable bonds is 3. The van der Waals surface area contributed by atoms with Gasteiger partial charge >= 0.3 is 0 Å². The quantitative estimate of drug-likeness (QED) is 0.726. The summed E-state index contributed by atoms with van der Waals surface area (Å²) in [6.45, 7) is 0.827. The Labute approximate surface area is 109 Å². The Morgan fingerprint density at radius 2 is 1.82 bits per heavy atom. The van der Waals surface area contributed by atoms with Gasteiger partial charge in [-0.15, -0.1) is 12.4 Å². The van der Waals surface area contributed by atoms with Crippen LogP contribution in [-0.4, -0.2) is 17.3 Å². The van der Waals surface area contributed by atoms with Crippen LogP contribution in [0.3, 0.4) is 0 Å². The van der Waals surface area contributed by atoms with Crippen LogP contribution in [0.4, 0.5) is 5.69 Å². The first-order valence-electron chi connectivity index (χ1n) is 6.00. The van der Waals surface area contributed by atoms with Crippen LogP contribution in [0.15, 0.2) is 24.3 Å². The van der Waals surface area contributed by atoms with E-state index in [0.717, 1.165) is 43.5 Å². The number of halogens is 1. The predicted octanol–water partition coefficient (Wildman–Crippen LogP) is 2.08. The summed E-state index contributed by atoms with van der Waals surface area (Å²) in [5.41, 5.74) is 7.89. The summed E-state index contributed by atoms with van der Waals surface area (Å²) in [4.78, 5) is 0. The van der Waals surface area contributed by atoms with Gasteiger partial charge in [0.05, 0.1) is 6.10 Å². The highest BCUT2D eigenvalue weighted by Crippen LogP contribution is 2.19. The van der Waals surface area contributed by atoms with Crippen molar-refractivity contribution in [2.24, 2.45) is 0 Å². The van der Waals surface area contributed by atoms with E-state index in [1.165, 1.54) is 0 Å². The molecule has 0 atom stereocenters. The average molecular weight is 257 g/mol. The van der Waals surface area contributed by atoms with Crippen molar-refractivity contribution >= 4 is 18.1 Å². The van der Waals surface area contributed by atoms with E-state index in [0.29, 0.717) is 6.04 Å². The molecule has 0 spiro atoms. The lowest BCUT2D eigenvalue weighted by atomic mass is 9.93. The summed E-state index contributed by atoms with van der Waals surface area (Å²) in [7, 11) is 0. The SMILES string of the molecule is Cl.Nc1ccccc1CNC1CCC(O)CC1. The van der Waals surface area contributed by atoms with Crippen molar-refractivity contribution < 1.29 is 5.11 Å². The first-order valence-corrected chi connectivity index (χ1v) is 6.00. The van der Waals surface area contributed by atoms with Crippen LogP contribution in [0.2, 0.25) is 0 Å². The zero-order chi connectivity index (χ0) is 11.4. The van der Waals surface area contributed by atoms with Gasteiger partial charge in [-0.3, -0.25) is 0 Å². The van der Waals surface area contributed by atoms with Crippen molar-refractivity contribution in [2.75, 3.05) is 5.73 Å². The smallest absolute Gasteiger partial charge is 0.0541 e. The molecule has 96 valence electrons. The number of benzene rings is 1. The molecule has 4 N–H and O–H groups in total. The van der Waals surface area contributed by atoms with Crippen LogP contribution < -0.4 is 11.1 Å². The molecule has 0 heterocycles. The minimum Gasteiger partial charge on any atom is -0.398 e. The maximum Gasteiger partial charge on any atom is 0.0541 e. The summed E-state index contributed by atoms with van der Waals surface area (Å²) in [6, 6.07) is 8.48. The van der Waals surface area contributed by atoms with E-state index in [1.54, 1.807) is 0 Å². The summed E-state index contributed by atoms with van der Waals surface area (Å²) in [5, 5.41) is 12.9. The number of anilines is 1. The molecule has 0 radical (unpaired) electrons. The third-order valence-electron chi connectivity index (χ3n) is 3.33. The fourth-order valence-electron chi connectivity index (χ4n) is 2.23. The highest BCUT2D eigenvalue weighted by atomic mass is 35.5. The molecule has 1 aromatic carbocycles. The number of para-hydroxylation sites is 1. The average Bonchev–Trinajstić information content (AvgIpc) is 2.30. The van der Waals surface area contributed by atoms with Crippen LogP contribution in [0, 0.1) is 0 Å². The third kappa shape index (κ3) is 4.19. The molecule has 3 nitrogen and oxygen atoms in total. The van der Waals surface area contributed by atoms with Gasteiger partial charge in [0.1, 0.15) is 0 Å². The van der Waals surface area contributed by atoms with Crippen molar-refractivity contribution in [3.63, 3.8) is 0 Å². The molecule has 0 aliphatic heterocycles. The second-order valence-corrected chi connectivity index (χ2v) is 4.59. The molecule has 0 aromatic heterocycles. The minimum atomic E-state index is -0.0835. The van der Waals surface area contributed by atoms with E-state index in [2.05, 4.69) is 11.4 Å². The molecule has 1 aliphatic rings. The summed E-state index contributed by atoms with van der Waals surface area (Å²) < 4.78 is 0. The first-order chi connectivity index (χ1) is 7.75. The molecule has 0 amide bonds. The Morgan fingerprint density at radius 1 is 1.18 bits per heavy atom. The molecule has 4 heteroatoms. The number of nitrogens with one attached hydrogen (secondary N) is 1. The van der Waals surface area contributed by atoms with Gasteiger partial charge in [-0.2, -0.15) is 0 Å². The topological polar surface area (TPSA) is 58.3 Å². The van der Waals surface area contributed by atoms with Gasteiger partial charge in [0.15, 0.2) is 0 Å². The van der Waals surface area contributed by atoms with Crippen molar-refractivity contribution in [1.29, 1.82) is 0 Å². The second kappa shape index (κ2) is 6.84. The Balaban J connectivity index is 0.00000144. The van der Waals surface area contributed by atoms with E-state index in [-0.39, 0.29) is 18.5 Å². The van der Waals surface area contributed by atoms with E-state index in [4.69, 9.17) is 5.73 Å². The molecule has 0 bridgehead atoms. The van der Waals surface area contributed by atoms with Gasteiger partial charge in [0.25, 0.3) is 0 Å². The highest BCUT2D eigenvalue weighted by Gasteiger charge is 2.18. The predicted molar refractivity (Wildman–Crippen MR) is 73.2 cm³/mol. The zero-order valence-corrected chi connectivity index (χ0v) is 10.7. The van der Waals surface area contributed by atoms with Crippen molar-refractivity contribution in [1.82, 2.24) is 5.32 Å². The van der Waals surface area contributed by atoms with Gasteiger partial charge in [-0.05, 0) is 37.3 Å². The van der Waals surface area contributed by atoms with Crippen LogP contribution >= 0.6 is 12.4 Å². The normalized spacial score (nSPS) is 24.1. The van der Waals surface area contributed by atoms with Gasteiger partial charge < -0.3 is 16.2 Å². The number of nitrogen functional groups attached to an aromatic ring is 1. The third-order valence-corrected chi connectivity index (χ3v) is 3.33. The number of hydrogen-bond donors (Lipinski definition) is 3. The fourth-order valence-corrected chi connectivity index (χ4v) is 2.23. The van der Waals surface area contributed by atoms with Crippen LogP contribution in [0.1, 0.15) is 31.2 Å². The molecule has 1 aromatic rings. The lowest BCUT2D eigenvalue weighted by molar-refractivity contribution is 0.116. The van der Waals surface area contributed by atoms with Gasteiger partial charge in [0.2, 0.25) is 0 Å². The van der Waals surface area contributed by atoms with Crippen molar-refractivity contribution in [3.8, 4) is 0 Å². The van der Waals surface area contributed by atoms with Crippen LogP contribution in [-0.2, 0) is 6.54 Å². The minimum absolute atomic E-state index is 0. The fraction of sp³-hybridized carbons (Fsp3) is 0.538. The lowest BCUT2D eigenvalue weighted by Gasteiger charge is -2.26. The molecule has 0 unspecified atom stereocenters. The molecule has 0 saturated heterocycles. The van der Waals surface area contributed by atoms with Crippen LogP contribution in [0.5, 0.6) is 0 Å². The lowest BCUT2D eigenvalue weighted by Crippen LogP contribution is -2.34. The standard InChI is InChI=1S/C13H20N2O.ClH/c14-13-4-2-1-3-10(13)9-15-11-5-7-12(16)8-6-11;/h1-4,11-12,15-16H,5-9,14H2;1H. The zero-order valence-electron chi connectivity index (χ0n) is 9.93. The number of nitrogens with two attached hydrogens (primary N) is 1. The Morgan fingerprint density at radius 3 is 2.47 bits per heavy atom. The number of aliphatic hydroxyl groups is 1. The van der Waals surface area contributed by atoms with E-state index in [9.17, 15) is 5.11 Å². The number of aliphatic hydroxyl groups excluding tert-OH is 1. The van der Waals surface area contributed by atoms with E-state index >= 15 is 0 Å². The van der Waals surface area contributed by atoms with E-state index < -0.39 is 0 Å². The van der Waals surface area contributed by atoms with Crippen molar-refractivity contribution in [3.05, 3.63) is 29.8 Å². The Hall–Kier alpha value is -0.770. The van der Waals surface area contributed by atoms with Crippen LogP contribution in [0.25, 0.3) is 0 Å². The Bertz CT molecular complexity index is 338. The monoisotopic (exact) mass is 256 g/mol.